The predicted octanol–water partition coefficient (Wildman–Crippen LogP) is 5.51. The molecule has 8 heteroatoms. The van der Waals surface area contributed by atoms with Crippen molar-refractivity contribution in [1.82, 2.24) is 15.2 Å². The minimum atomic E-state index is -0.345. The first-order valence-electron chi connectivity index (χ1n) is 11.5. The standard InChI is InChI=1S/C28H25F2N3O2S/c29-23-11-6-21(7-12-23)16-31-28(35)25-19-36-26(32-25)18-33(17-22-8-13-24(30)14-9-22)27(34)15-10-20-4-2-1-3-5-20/h1-9,11-14,19H,10,15-18H2,(H,31,35). The monoisotopic (exact) mass is 505 g/mol. The third-order valence-corrected chi connectivity index (χ3v) is 6.42. The van der Waals surface area contributed by atoms with Gasteiger partial charge in [-0.3, -0.25) is 9.59 Å². The van der Waals surface area contributed by atoms with Gasteiger partial charge in [0.25, 0.3) is 5.91 Å². The zero-order chi connectivity index (χ0) is 25.3. The second-order valence-electron chi connectivity index (χ2n) is 8.30. The van der Waals surface area contributed by atoms with E-state index in [1.54, 1.807) is 34.5 Å². The fraction of sp³-hybridized carbons (Fsp3) is 0.179. The molecule has 0 atom stereocenters. The summed E-state index contributed by atoms with van der Waals surface area (Å²) in [6.07, 6.45) is 0.927. The molecule has 1 heterocycles. The van der Waals surface area contributed by atoms with Gasteiger partial charge in [0.2, 0.25) is 5.91 Å². The van der Waals surface area contributed by atoms with E-state index in [0.29, 0.717) is 24.4 Å². The molecule has 5 nitrogen and oxygen atoms in total. The molecule has 0 aliphatic rings. The Balaban J connectivity index is 1.41. The Bertz CT molecular complexity index is 1290. The van der Waals surface area contributed by atoms with E-state index in [1.165, 1.54) is 35.6 Å². The molecule has 0 bridgehead atoms. The SMILES string of the molecule is O=C(NCc1ccc(F)cc1)c1csc(CN(Cc2ccc(F)cc2)C(=O)CCc2ccccc2)n1. The van der Waals surface area contributed by atoms with E-state index >= 15 is 0 Å². The number of nitrogens with one attached hydrogen (secondary N) is 1. The second-order valence-corrected chi connectivity index (χ2v) is 9.24. The van der Waals surface area contributed by atoms with Crippen molar-refractivity contribution in [3.8, 4) is 0 Å². The highest BCUT2D eigenvalue weighted by atomic mass is 32.1. The van der Waals surface area contributed by atoms with E-state index in [4.69, 9.17) is 0 Å². The molecule has 0 fully saturated rings. The quantitative estimate of drug-likeness (QED) is 0.309. The van der Waals surface area contributed by atoms with E-state index in [1.807, 2.05) is 30.3 Å². The second kappa shape index (κ2) is 12.2. The van der Waals surface area contributed by atoms with Crippen molar-refractivity contribution < 1.29 is 18.4 Å². The van der Waals surface area contributed by atoms with Gasteiger partial charge in [0.15, 0.2) is 0 Å². The van der Waals surface area contributed by atoms with Crippen LogP contribution in [0.1, 0.15) is 38.6 Å². The number of thiazole rings is 1. The molecular formula is C28H25F2N3O2S. The van der Waals surface area contributed by atoms with Gasteiger partial charge in [0.1, 0.15) is 22.3 Å². The number of carbonyl (C=O) groups is 2. The van der Waals surface area contributed by atoms with Crippen LogP contribution in [-0.4, -0.2) is 21.7 Å². The Labute approximate surface area is 212 Å². The van der Waals surface area contributed by atoms with Crippen LogP contribution in [0.15, 0.2) is 84.2 Å². The van der Waals surface area contributed by atoms with E-state index in [-0.39, 0.29) is 42.2 Å². The summed E-state index contributed by atoms with van der Waals surface area (Å²) in [7, 11) is 0. The third-order valence-electron chi connectivity index (χ3n) is 5.59. The number of aryl methyl sites for hydroxylation is 1. The Morgan fingerprint density at radius 2 is 1.44 bits per heavy atom. The van der Waals surface area contributed by atoms with Gasteiger partial charge in [-0.25, -0.2) is 13.8 Å². The van der Waals surface area contributed by atoms with E-state index in [9.17, 15) is 18.4 Å². The van der Waals surface area contributed by atoms with Crippen LogP contribution in [0.4, 0.5) is 8.78 Å². The normalized spacial score (nSPS) is 10.7. The molecule has 0 saturated carbocycles. The lowest BCUT2D eigenvalue weighted by atomic mass is 10.1. The van der Waals surface area contributed by atoms with Crippen molar-refractivity contribution in [1.29, 1.82) is 0 Å². The Morgan fingerprint density at radius 3 is 2.11 bits per heavy atom. The number of aromatic nitrogens is 1. The molecule has 0 aliphatic carbocycles. The minimum Gasteiger partial charge on any atom is -0.347 e. The number of hydrogen-bond acceptors (Lipinski definition) is 4. The fourth-order valence-corrected chi connectivity index (χ4v) is 4.41. The van der Waals surface area contributed by atoms with E-state index in [0.717, 1.165) is 16.7 Å². The van der Waals surface area contributed by atoms with Crippen molar-refractivity contribution in [2.24, 2.45) is 0 Å². The van der Waals surface area contributed by atoms with Crippen molar-refractivity contribution >= 4 is 23.2 Å². The Kier molecular flexibility index (Phi) is 8.52. The van der Waals surface area contributed by atoms with Gasteiger partial charge < -0.3 is 10.2 Å². The third kappa shape index (κ3) is 7.29. The zero-order valence-electron chi connectivity index (χ0n) is 19.5. The fourth-order valence-electron chi connectivity index (χ4n) is 3.62. The summed E-state index contributed by atoms with van der Waals surface area (Å²) >= 11 is 1.30. The van der Waals surface area contributed by atoms with Crippen LogP contribution >= 0.6 is 11.3 Å². The first-order chi connectivity index (χ1) is 17.5. The highest BCUT2D eigenvalue weighted by molar-refractivity contribution is 7.09. The number of hydrogen-bond donors (Lipinski definition) is 1. The number of halogens is 2. The first-order valence-corrected chi connectivity index (χ1v) is 12.4. The van der Waals surface area contributed by atoms with Gasteiger partial charge in [-0.15, -0.1) is 11.3 Å². The zero-order valence-corrected chi connectivity index (χ0v) is 20.3. The molecule has 36 heavy (non-hydrogen) atoms. The summed E-state index contributed by atoms with van der Waals surface area (Å²) < 4.78 is 26.4. The molecule has 0 spiro atoms. The minimum absolute atomic E-state index is 0.0549. The summed E-state index contributed by atoms with van der Waals surface area (Å²) in [5, 5.41) is 5.05. The smallest absolute Gasteiger partial charge is 0.271 e. The van der Waals surface area contributed by atoms with Gasteiger partial charge in [-0.05, 0) is 47.4 Å². The van der Waals surface area contributed by atoms with Crippen LogP contribution in [0.3, 0.4) is 0 Å². The van der Waals surface area contributed by atoms with Crippen molar-refractivity contribution in [2.45, 2.75) is 32.5 Å². The van der Waals surface area contributed by atoms with Crippen molar-refractivity contribution in [3.63, 3.8) is 0 Å². The lowest BCUT2D eigenvalue weighted by Crippen LogP contribution is -2.30. The summed E-state index contributed by atoms with van der Waals surface area (Å²) in [6, 6.07) is 21.7. The van der Waals surface area contributed by atoms with Crippen LogP contribution in [0.5, 0.6) is 0 Å². The summed E-state index contributed by atoms with van der Waals surface area (Å²) in [4.78, 5) is 31.8. The molecule has 4 rings (SSSR count). The van der Waals surface area contributed by atoms with Gasteiger partial charge >= 0.3 is 0 Å². The molecule has 3 aromatic carbocycles. The maximum Gasteiger partial charge on any atom is 0.271 e. The van der Waals surface area contributed by atoms with Crippen LogP contribution < -0.4 is 5.32 Å². The number of amides is 2. The van der Waals surface area contributed by atoms with Gasteiger partial charge in [0.05, 0.1) is 6.54 Å². The Hall–Kier alpha value is -3.91. The Morgan fingerprint density at radius 1 is 0.806 bits per heavy atom. The maximum absolute atomic E-state index is 13.4. The van der Waals surface area contributed by atoms with E-state index < -0.39 is 0 Å². The average Bonchev–Trinajstić information content (AvgIpc) is 3.37. The molecule has 0 aliphatic heterocycles. The van der Waals surface area contributed by atoms with Crippen LogP contribution in [0.2, 0.25) is 0 Å². The van der Waals surface area contributed by atoms with Gasteiger partial charge in [0, 0.05) is 24.9 Å². The predicted molar refractivity (Wildman–Crippen MR) is 135 cm³/mol. The first kappa shape index (κ1) is 25.2. The van der Waals surface area contributed by atoms with Crippen molar-refractivity contribution in [3.05, 3.63) is 123 Å². The molecular weight excluding hydrogens is 480 g/mol. The van der Waals surface area contributed by atoms with Crippen LogP contribution in [0, 0.1) is 11.6 Å². The highest BCUT2D eigenvalue weighted by Crippen LogP contribution is 2.17. The molecule has 0 saturated heterocycles. The average molecular weight is 506 g/mol. The van der Waals surface area contributed by atoms with Crippen LogP contribution in [0.25, 0.3) is 0 Å². The van der Waals surface area contributed by atoms with Gasteiger partial charge in [-0.1, -0.05) is 54.6 Å². The molecule has 4 aromatic rings. The lowest BCUT2D eigenvalue weighted by molar-refractivity contribution is -0.132. The molecule has 1 N–H and O–H groups in total. The topological polar surface area (TPSA) is 62.3 Å². The number of rotatable bonds is 10. The molecule has 0 radical (unpaired) electrons. The number of nitrogens with zero attached hydrogens (tertiary/aromatic N) is 2. The number of benzene rings is 3. The molecule has 2 amide bonds. The molecule has 1 aromatic heterocycles. The van der Waals surface area contributed by atoms with E-state index in [2.05, 4.69) is 10.3 Å². The maximum atomic E-state index is 13.4. The molecule has 184 valence electrons. The summed E-state index contributed by atoms with van der Waals surface area (Å²) in [5.41, 5.74) is 2.91. The van der Waals surface area contributed by atoms with Crippen LogP contribution in [-0.2, 0) is 30.8 Å². The largest absolute Gasteiger partial charge is 0.347 e. The summed E-state index contributed by atoms with van der Waals surface area (Å²) in [6.45, 7) is 0.793. The van der Waals surface area contributed by atoms with Crippen molar-refractivity contribution in [2.75, 3.05) is 0 Å². The summed E-state index contributed by atoms with van der Waals surface area (Å²) in [5.74, 6) is -1.07. The van der Waals surface area contributed by atoms with Gasteiger partial charge in [-0.2, -0.15) is 0 Å². The molecule has 0 unspecified atom stereocenters. The lowest BCUT2D eigenvalue weighted by Gasteiger charge is -2.22. The highest BCUT2D eigenvalue weighted by Gasteiger charge is 2.18. The number of carbonyl (C=O) groups excluding carboxylic acids is 2.